The van der Waals surface area contributed by atoms with E-state index in [0.29, 0.717) is 6.04 Å². The molecule has 78 valence electrons. The Morgan fingerprint density at radius 1 is 1.15 bits per heavy atom. The molecule has 0 aromatic rings. The van der Waals surface area contributed by atoms with Crippen LogP contribution in [-0.4, -0.2) is 49.6 Å². The second-order valence-corrected chi connectivity index (χ2v) is 4.66. The van der Waals surface area contributed by atoms with Crippen molar-refractivity contribution < 1.29 is 0 Å². The van der Waals surface area contributed by atoms with Crippen molar-refractivity contribution in [3.8, 4) is 0 Å². The zero-order valence-electron chi connectivity index (χ0n) is 9.58. The predicted octanol–water partition coefficient (Wildman–Crippen LogP) is 1.67. The molecular weight excluding hydrogens is 160 g/mol. The van der Waals surface area contributed by atoms with Crippen LogP contribution in [0.4, 0.5) is 0 Å². The first kappa shape index (κ1) is 11.0. The van der Waals surface area contributed by atoms with Crippen molar-refractivity contribution in [2.75, 3.05) is 33.7 Å². The Balaban J connectivity index is 2.49. The normalized spacial score (nSPS) is 33.2. The minimum Gasteiger partial charge on any atom is -0.305 e. The molecule has 0 saturated carbocycles. The third-order valence-corrected chi connectivity index (χ3v) is 3.14. The number of hydrogen-bond donors (Lipinski definition) is 0. The first-order valence-electron chi connectivity index (χ1n) is 5.52. The standard InChI is InChI=1S/C11H24N2/c1-5-6-11-8-12(3)7-10(2)13(4)9-11/h10-11H,5-9H2,1-4H3. The highest BCUT2D eigenvalue weighted by molar-refractivity contribution is 4.77. The summed E-state index contributed by atoms with van der Waals surface area (Å²) in [5, 5.41) is 0. The van der Waals surface area contributed by atoms with Crippen molar-refractivity contribution >= 4 is 0 Å². The van der Waals surface area contributed by atoms with E-state index < -0.39 is 0 Å². The van der Waals surface area contributed by atoms with Crippen LogP contribution in [0, 0.1) is 5.92 Å². The lowest BCUT2D eigenvalue weighted by Crippen LogP contribution is -2.35. The van der Waals surface area contributed by atoms with Crippen LogP contribution in [0.25, 0.3) is 0 Å². The molecule has 13 heavy (non-hydrogen) atoms. The van der Waals surface area contributed by atoms with E-state index in [4.69, 9.17) is 0 Å². The van der Waals surface area contributed by atoms with Gasteiger partial charge in [-0.2, -0.15) is 0 Å². The molecule has 0 radical (unpaired) electrons. The Morgan fingerprint density at radius 3 is 2.46 bits per heavy atom. The Kier molecular flexibility index (Phi) is 4.20. The van der Waals surface area contributed by atoms with E-state index in [-0.39, 0.29) is 0 Å². The quantitative estimate of drug-likeness (QED) is 0.644. The van der Waals surface area contributed by atoms with Crippen LogP contribution in [0.3, 0.4) is 0 Å². The molecule has 0 N–H and O–H groups in total. The summed E-state index contributed by atoms with van der Waals surface area (Å²) < 4.78 is 0. The molecule has 0 aliphatic carbocycles. The summed E-state index contributed by atoms with van der Waals surface area (Å²) in [4.78, 5) is 4.98. The van der Waals surface area contributed by atoms with Crippen LogP contribution in [0.15, 0.2) is 0 Å². The Bertz CT molecular complexity index is 147. The van der Waals surface area contributed by atoms with Gasteiger partial charge in [0, 0.05) is 25.7 Å². The van der Waals surface area contributed by atoms with Crippen molar-refractivity contribution in [2.45, 2.75) is 32.7 Å². The fraction of sp³-hybridized carbons (Fsp3) is 1.00. The fourth-order valence-corrected chi connectivity index (χ4v) is 2.34. The number of likely N-dealkylation sites (N-methyl/N-ethyl adjacent to an activating group) is 2. The highest BCUT2D eigenvalue weighted by atomic mass is 15.2. The maximum absolute atomic E-state index is 2.50. The van der Waals surface area contributed by atoms with Crippen LogP contribution >= 0.6 is 0 Å². The molecule has 0 aromatic heterocycles. The van der Waals surface area contributed by atoms with Crippen LogP contribution in [0.2, 0.25) is 0 Å². The van der Waals surface area contributed by atoms with Gasteiger partial charge >= 0.3 is 0 Å². The van der Waals surface area contributed by atoms with Crippen molar-refractivity contribution in [3.05, 3.63) is 0 Å². The van der Waals surface area contributed by atoms with Crippen molar-refractivity contribution in [3.63, 3.8) is 0 Å². The lowest BCUT2D eigenvalue weighted by Gasteiger charge is -2.23. The van der Waals surface area contributed by atoms with Gasteiger partial charge in [-0.15, -0.1) is 0 Å². The molecule has 2 nitrogen and oxygen atoms in total. The minimum atomic E-state index is 0.715. The molecule has 2 unspecified atom stereocenters. The zero-order chi connectivity index (χ0) is 9.84. The molecule has 1 saturated heterocycles. The monoisotopic (exact) mass is 184 g/mol. The Morgan fingerprint density at radius 2 is 1.85 bits per heavy atom. The van der Waals surface area contributed by atoms with Gasteiger partial charge in [0.25, 0.3) is 0 Å². The van der Waals surface area contributed by atoms with Gasteiger partial charge in [0.1, 0.15) is 0 Å². The molecule has 0 aromatic carbocycles. The molecule has 2 atom stereocenters. The molecule has 2 heteroatoms. The van der Waals surface area contributed by atoms with Gasteiger partial charge in [-0.25, -0.2) is 0 Å². The second-order valence-electron chi connectivity index (χ2n) is 4.66. The molecule has 1 heterocycles. The summed E-state index contributed by atoms with van der Waals surface area (Å²) in [6.07, 6.45) is 2.70. The molecule has 0 amide bonds. The van der Waals surface area contributed by atoms with Gasteiger partial charge in [-0.1, -0.05) is 13.3 Å². The van der Waals surface area contributed by atoms with Crippen LogP contribution in [0.5, 0.6) is 0 Å². The topological polar surface area (TPSA) is 6.48 Å². The van der Waals surface area contributed by atoms with Gasteiger partial charge < -0.3 is 9.80 Å². The smallest absolute Gasteiger partial charge is 0.0191 e. The van der Waals surface area contributed by atoms with E-state index in [1.807, 2.05) is 0 Å². The summed E-state index contributed by atoms with van der Waals surface area (Å²) in [6.45, 7) is 8.39. The van der Waals surface area contributed by atoms with E-state index in [9.17, 15) is 0 Å². The number of nitrogens with zero attached hydrogens (tertiary/aromatic N) is 2. The van der Waals surface area contributed by atoms with Crippen LogP contribution < -0.4 is 0 Å². The third kappa shape index (κ3) is 3.28. The molecule has 1 rings (SSSR count). The SMILES string of the molecule is CCCC1CN(C)CC(C)N(C)C1. The lowest BCUT2D eigenvalue weighted by molar-refractivity contribution is 0.235. The third-order valence-electron chi connectivity index (χ3n) is 3.14. The van der Waals surface area contributed by atoms with Crippen molar-refractivity contribution in [1.82, 2.24) is 9.80 Å². The minimum absolute atomic E-state index is 0.715. The fourth-order valence-electron chi connectivity index (χ4n) is 2.34. The first-order valence-corrected chi connectivity index (χ1v) is 5.52. The highest BCUT2D eigenvalue weighted by Crippen LogP contribution is 2.15. The number of rotatable bonds is 2. The largest absolute Gasteiger partial charge is 0.305 e. The maximum atomic E-state index is 2.50. The van der Waals surface area contributed by atoms with Gasteiger partial charge in [-0.05, 0) is 33.4 Å². The van der Waals surface area contributed by atoms with Gasteiger partial charge in [0.15, 0.2) is 0 Å². The molecular formula is C11H24N2. The predicted molar refractivity (Wildman–Crippen MR) is 58.0 cm³/mol. The summed E-state index contributed by atoms with van der Waals surface area (Å²) >= 11 is 0. The van der Waals surface area contributed by atoms with E-state index in [0.717, 1.165) is 5.92 Å². The lowest BCUT2D eigenvalue weighted by atomic mass is 10.0. The van der Waals surface area contributed by atoms with Crippen molar-refractivity contribution in [2.24, 2.45) is 5.92 Å². The second kappa shape index (κ2) is 4.97. The average molecular weight is 184 g/mol. The van der Waals surface area contributed by atoms with Gasteiger partial charge in [0.05, 0.1) is 0 Å². The molecule has 1 aliphatic heterocycles. The zero-order valence-corrected chi connectivity index (χ0v) is 9.58. The van der Waals surface area contributed by atoms with E-state index in [1.165, 1.54) is 32.5 Å². The Hall–Kier alpha value is -0.0800. The maximum Gasteiger partial charge on any atom is 0.0191 e. The van der Waals surface area contributed by atoms with Gasteiger partial charge in [-0.3, -0.25) is 0 Å². The average Bonchev–Trinajstić information content (AvgIpc) is 2.13. The van der Waals surface area contributed by atoms with Gasteiger partial charge in [0.2, 0.25) is 0 Å². The molecule has 1 aliphatic rings. The highest BCUT2D eigenvalue weighted by Gasteiger charge is 2.22. The first-order chi connectivity index (χ1) is 6.13. The van der Waals surface area contributed by atoms with Crippen molar-refractivity contribution in [1.29, 1.82) is 0 Å². The summed E-state index contributed by atoms with van der Waals surface area (Å²) in [7, 11) is 4.50. The van der Waals surface area contributed by atoms with Crippen LogP contribution in [-0.2, 0) is 0 Å². The summed E-state index contributed by atoms with van der Waals surface area (Å²) in [6, 6.07) is 0.715. The van der Waals surface area contributed by atoms with Crippen LogP contribution in [0.1, 0.15) is 26.7 Å². The van der Waals surface area contributed by atoms with E-state index in [2.05, 4.69) is 37.7 Å². The van der Waals surface area contributed by atoms with E-state index in [1.54, 1.807) is 0 Å². The summed E-state index contributed by atoms with van der Waals surface area (Å²) in [5.74, 6) is 0.880. The molecule has 1 fully saturated rings. The summed E-state index contributed by atoms with van der Waals surface area (Å²) in [5.41, 5.74) is 0. The Labute approximate surface area is 82.9 Å². The number of hydrogen-bond acceptors (Lipinski definition) is 2. The molecule has 0 spiro atoms. The van der Waals surface area contributed by atoms with E-state index >= 15 is 0 Å². The molecule has 0 bridgehead atoms.